The summed E-state index contributed by atoms with van der Waals surface area (Å²) in [5.74, 6) is 0.147. The lowest BCUT2D eigenvalue weighted by atomic mass is 10.00. The van der Waals surface area contributed by atoms with Crippen molar-refractivity contribution >= 4 is 17.2 Å². The van der Waals surface area contributed by atoms with Crippen molar-refractivity contribution in [1.29, 1.82) is 0 Å². The molecule has 0 fully saturated rings. The Morgan fingerprint density at radius 3 is 2.79 bits per heavy atom. The molecule has 0 spiro atoms. The molecule has 1 amide bonds. The molecule has 0 aliphatic carbocycles. The zero-order valence-electron chi connectivity index (χ0n) is 17.4. The smallest absolute Gasteiger partial charge is 0.228 e. The molecule has 152 valence electrons. The highest BCUT2D eigenvalue weighted by Crippen LogP contribution is 2.23. The van der Waals surface area contributed by atoms with E-state index in [0.29, 0.717) is 13.0 Å². The van der Waals surface area contributed by atoms with Gasteiger partial charge in [0.05, 0.1) is 17.8 Å². The summed E-state index contributed by atoms with van der Waals surface area (Å²) in [5.41, 5.74) is 7.01. The summed E-state index contributed by atoms with van der Waals surface area (Å²) in [4.78, 5) is 19.5. The average molecular weight is 409 g/mol. The van der Waals surface area contributed by atoms with E-state index < -0.39 is 0 Å². The number of fused-ring (bicyclic) bond motifs is 1. The number of amides is 1. The van der Waals surface area contributed by atoms with Crippen molar-refractivity contribution < 1.29 is 4.79 Å². The first-order valence-corrected chi connectivity index (χ1v) is 11.3. The van der Waals surface area contributed by atoms with Gasteiger partial charge in [-0.3, -0.25) is 4.79 Å². The maximum atomic E-state index is 12.8. The lowest BCUT2D eigenvalue weighted by molar-refractivity contribution is -0.131. The van der Waals surface area contributed by atoms with E-state index in [1.54, 1.807) is 11.3 Å². The Bertz CT molecular complexity index is 1020. The molecule has 3 heterocycles. The third-order valence-corrected chi connectivity index (χ3v) is 6.62. The van der Waals surface area contributed by atoms with E-state index in [1.807, 2.05) is 21.0 Å². The minimum Gasteiger partial charge on any atom is -0.338 e. The molecule has 5 nitrogen and oxygen atoms in total. The molecule has 0 saturated carbocycles. The largest absolute Gasteiger partial charge is 0.338 e. The van der Waals surface area contributed by atoms with Crippen LogP contribution in [0.1, 0.15) is 53.5 Å². The van der Waals surface area contributed by atoms with Crippen molar-refractivity contribution in [2.45, 2.75) is 59.4 Å². The molecule has 0 atom stereocenters. The van der Waals surface area contributed by atoms with Crippen LogP contribution in [0.25, 0.3) is 5.13 Å². The molecular weight excluding hydrogens is 380 g/mol. The Balaban J connectivity index is 1.46. The molecule has 0 bridgehead atoms. The quantitative estimate of drug-likeness (QED) is 0.607. The van der Waals surface area contributed by atoms with Gasteiger partial charge < -0.3 is 4.90 Å². The molecule has 0 radical (unpaired) electrons. The summed E-state index contributed by atoms with van der Waals surface area (Å²) in [6, 6.07) is 8.39. The molecule has 3 aromatic rings. The van der Waals surface area contributed by atoms with E-state index in [1.165, 1.54) is 29.5 Å². The predicted octanol–water partition coefficient (Wildman–Crippen LogP) is 4.42. The number of rotatable bonds is 6. The molecule has 1 aliphatic heterocycles. The fraction of sp³-hybridized carbons (Fsp3) is 0.435. The van der Waals surface area contributed by atoms with Gasteiger partial charge in [0.2, 0.25) is 11.0 Å². The van der Waals surface area contributed by atoms with Gasteiger partial charge in [0.25, 0.3) is 0 Å². The van der Waals surface area contributed by atoms with E-state index in [-0.39, 0.29) is 5.91 Å². The summed E-state index contributed by atoms with van der Waals surface area (Å²) in [6.07, 6.45) is 4.68. The number of hydrogen-bond donors (Lipinski definition) is 0. The van der Waals surface area contributed by atoms with Gasteiger partial charge in [0.15, 0.2) is 0 Å². The zero-order chi connectivity index (χ0) is 20.4. The summed E-state index contributed by atoms with van der Waals surface area (Å²) in [7, 11) is 0. The third-order valence-electron chi connectivity index (χ3n) is 5.76. The number of hydrogen-bond acceptors (Lipinski definition) is 4. The molecule has 29 heavy (non-hydrogen) atoms. The van der Waals surface area contributed by atoms with E-state index in [4.69, 9.17) is 10.1 Å². The second kappa shape index (κ2) is 8.49. The number of carbonyl (C=O) groups excluding carboxylic acids is 1. The molecule has 2 aromatic heterocycles. The van der Waals surface area contributed by atoms with Crippen molar-refractivity contribution in [3.63, 3.8) is 0 Å². The first kappa shape index (κ1) is 19.8. The Labute approximate surface area is 176 Å². The van der Waals surface area contributed by atoms with Crippen LogP contribution in [0, 0.1) is 13.8 Å². The maximum Gasteiger partial charge on any atom is 0.228 e. The van der Waals surface area contributed by atoms with Crippen molar-refractivity contribution in [1.82, 2.24) is 19.7 Å². The first-order valence-electron chi connectivity index (χ1n) is 10.4. The van der Waals surface area contributed by atoms with Crippen LogP contribution in [0.2, 0.25) is 0 Å². The molecule has 4 rings (SSSR count). The fourth-order valence-electron chi connectivity index (χ4n) is 4.03. The van der Waals surface area contributed by atoms with E-state index in [2.05, 4.69) is 39.0 Å². The second-order valence-electron chi connectivity index (χ2n) is 7.80. The van der Waals surface area contributed by atoms with E-state index in [9.17, 15) is 4.79 Å². The van der Waals surface area contributed by atoms with Gasteiger partial charge >= 0.3 is 0 Å². The molecule has 1 aliphatic rings. The zero-order valence-corrected chi connectivity index (χ0v) is 18.3. The number of unbranched alkanes of at least 4 members (excludes halogenated alkanes) is 1. The summed E-state index contributed by atoms with van der Waals surface area (Å²) in [6.45, 7) is 7.87. The highest BCUT2D eigenvalue weighted by molar-refractivity contribution is 7.12. The molecule has 0 unspecified atom stereocenters. The van der Waals surface area contributed by atoms with Gasteiger partial charge in [0, 0.05) is 24.2 Å². The highest BCUT2D eigenvalue weighted by Gasteiger charge is 2.22. The third kappa shape index (κ3) is 4.13. The lowest BCUT2D eigenvalue weighted by Crippen LogP contribution is -2.36. The van der Waals surface area contributed by atoms with E-state index >= 15 is 0 Å². The second-order valence-corrected chi connectivity index (χ2v) is 8.63. The minimum atomic E-state index is 0.147. The van der Waals surface area contributed by atoms with Crippen molar-refractivity contribution in [2.24, 2.45) is 0 Å². The molecular formula is C23H28N4OS. The van der Waals surface area contributed by atoms with Crippen LogP contribution in [-0.4, -0.2) is 32.1 Å². The van der Waals surface area contributed by atoms with Gasteiger partial charge in [0.1, 0.15) is 0 Å². The average Bonchev–Trinajstić information content (AvgIpc) is 3.30. The van der Waals surface area contributed by atoms with Crippen LogP contribution in [0.4, 0.5) is 0 Å². The number of thiazole rings is 1. The van der Waals surface area contributed by atoms with Crippen LogP contribution < -0.4 is 0 Å². The number of aromatic nitrogens is 3. The lowest BCUT2D eigenvalue weighted by Gasteiger charge is -2.28. The molecule has 1 aromatic carbocycles. The standard InChI is InChI=1S/C23H28N4OS/c1-4-5-10-21-16(2)25-27(17(21)3)23-24-20(15-29-23)13-22(28)26-12-11-18-8-6-7-9-19(18)14-26/h6-9,15H,4-5,10-14H2,1-3H3. The van der Waals surface area contributed by atoms with Crippen LogP contribution in [-0.2, 0) is 30.6 Å². The van der Waals surface area contributed by atoms with Gasteiger partial charge in [-0.2, -0.15) is 5.10 Å². The Kier molecular flexibility index (Phi) is 5.81. The summed E-state index contributed by atoms with van der Waals surface area (Å²) >= 11 is 1.56. The van der Waals surface area contributed by atoms with Gasteiger partial charge in [-0.05, 0) is 49.8 Å². The van der Waals surface area contributed by atoms with Gasteiger partial charge in [-0.15, -0.1) is 11.3 Å². The SMILES string of the molecule is CCCCc1c(C)nn(-c2nc(CC(=O)N3CCc4ccccc4C3)cs2)c1C. The van der Waals surface area contributed by atoms with E-state index in [0.717, 1.165) is 41.6 Å². The Morgan fingerprint density at radius 2 is 2.00 bits per heavy atom. The Hall–Kier alpha value is -2.47. The monoisotopic (exact) mass is 408 g/mol. The molecule has 0 saturated heterocycles. The fourth-order valence-corrected chi connectivity index (χ4v) is 4.85. The van der Waals surface area contributed by atoms with Crippen molar-refractivity contribution in [3.8, 4) is 5.13 Å². The summed E-state index contributed by atoms with van der Waals surface area (Å²) < 4.78 is 1.94. The van der Waals surface area contributed by atoms with Gasteiger partial charge in [-0.1, -0.05) is 37.6 Å². The van der Waals surface area contributed by atoms with Crippen LogP contribution in [0.3, 0.4) is 0 Å². The van der Waals surface area contributed by atoms with Crippen LogP contribution >= 0.6 is 11.3 Å². The number of carbonyl (C=O) groups is 1. The van der Waals surface area contributed by atoms with Gasteiger partial charge in [-0.25, -0.2) is 9.67 Å². The van der Waals surface area contributed by atoms with Crippen LogP contribution in [0.5, 0.6) is 0 Å². The predicted molar refractivity (Wildman–Crippen MR) is 117 cm³/mol. The maximum absolute atomic E-state index is 12.8. The topological polar surface area (TPSA) is 51.0 Å². The number of aryl methyl sites for hydroxylation is 1. The Morgan fingerprint density at radius 1 is 1.21 bits per heavy atom. The van der Waals surface area contributed by atoms with Crippen LogP contribution in [0.15, 0.2) is 29.6 Å². The first-order chi connectivity index (χ1) is 14.1. The number of benzene rings is 1. The minimum absolute atomic E-state index is 0.147. The molecule has 0 N–H and O–H groups in total. The normalized spacial score (nSPS) is 13.6. The number of nitrogens with zero attached hydrogens (tertiary/aromatic N) is 4. The van der Waals surface area contributed by atoms with Crippen molar-refractivity contribution in [2.75, 3.05) is 6.54 Å². The molecule has 6 heteroatoms. The van der Waals surface area contributed by atoms with Crippen molar-refractivity contribution in [3.05, 3.63) is 63.4 Å². The highest BCUT2D eigenvalue weighted by atomic mass is 32.1. The summed E-state index contributed by atoms with van der Waals surface area (Å²) in [5, 5.41) is 7.55.